The Labute approximate surface area is 156 Å². The van der Waals surface area contributed by atoms with Crippen molar-refractivity contribution in [1.29, 1.82) is 0 Å². The summed E-state index contributed by atoms with van der Waals surface area (Å²) in [7, 11) is 0. The summed E-state index contributed by atoms with van der Waals surface area (Å²) in [6.07, 6.45) is 5.61. The molecule has 0 bridgehead atoms. The number of nitrogens with one attached hydrogen (secondary N) is 1. The van der Waals surface area contributed by atoms with Crippen LogP contribution in [0.4, 0.5) is 0 Å². The van der Waals surface area contributed by atoms with E-state index >= 15 is 0 Å². The Morgan fingerprint density at radius 1 is 1.19 bits per heavy atom. The Morgan fingerprint density at radius 3 is 2.65 bits per heavy atom. The van der Waals surface area contributed by atoms with Gasteiger partial charge in [0.05, 0.1) is 0 Å². The van der Waals surface area contributed by atoms with Crippen molar-refractivity contribution >= 4 is 5.91 Å². The first-order valence-electron chi connectivity index (χ1n) is 9.62. The van der Waals surface area contributed by atoms with Gasteiger partial charge in [0.2, 0.25) is 5.91 Å². The molecule has 0 unspecified atom stereocenters. The number of piperidine rings is 1. The molecule has 0 radical (unpaired) electrons. The van der Waals surface area contributed by atoms with Gasteiger partial charge in [-0.15, -0.1) is 0 Å². The standard InChI is InChI=1S/C22H29N3O/c1-17(2)14-24-22(26)18-9-12-25(13-10-18)16-20-6-3-4-8-21(20)19-7-5-11-23-15-19/h3-8,11,15,17-18H,9-10,12-14,16H2,1-2H3,(H,24,26). The van der Waals surface area contributed by atoms with Crippen molar-refractivity contribution in [2.24, 2.45) is 11.8 Å². The maximum atomic E-state index is 12.3. The molecular formula is C22H29N3O. The first kappa shape index (κ1) is 18.6. The molecule has 0 atom stereocenters. The molecule has 1 aromatic carbocycles. The van der Waals surface area contributed by atoms with Crippen LogP contribution in [0.15, 0.2) is 48.8 Å². The topological polar surface area (TPSA) is 45.2 Å². The lowest BCUT2D eigenvalue weighted by Gasteiger charge is -2.32. The van der Waals surface area contributed by atoms with E-state index in [0.717, 1.165) is 44.6 Å². The molecule has 1 amide bonds. The van der Waals surface area contributed by atoms with Crippen molar-refractivity contribution in [2.45, 2.75) is 33.2 Å². The first-order chi connectivity index (χ1) is 12.6. The van der Waals surface area contributed by atoms with E-state index < -0.39 is 0 Å². The summed E-state index contributed by atoms with van der Waals surface area (Å²) in [5, 5.41) is 3.08. The number of hydrogen-bond acceptors (Lipinski definition) is 3. The molecule has 4 heteroatoms. The van der Waals surface area contributed by atoms with Crippen LogP contribution in [0.3, 0.4) is 0 Å². The average Bonchev–Trinajstić information content (AvgIpc) is 2.68. The number of hydrogen-bond donors (Lipinski definition) is 1. The summed E-state index contributed by atoms with van der Waals surface area (Å²) < 4.78 is 0. The summed E-state index contributed by atoms with van der Waals surface area (Å²) in [5.41, 5.74) is 3.73. The number of pyridine rings is 1. The SMILES string of the molecule is CC(C)CNC(=O)C1CCN(Cc2ccccc2-c2cccnc2)CC1. The zero-order valence-electron chi connectivity index (χ0n) is 15.8. The quantitative estimate of drug-likeness (QED) is 0.862. The zero-order valence-corrected chi connectivity index (χ0v) is 15.8. The molecule has 0 spiro atoms. The van der Waals surface area contributed by atoms with Gasteiger partial charge in [-0.05, 0) is 49.0 Å². The molecule has 2 heterocycles. The van der Waals surface area contributed by atoms with Gasteiger partial charge >= 0.3 is 0 Å². The highest BCUT2D eigenvalue weighted by Crippen LogP contribution is 2.26. The van der Waals surface area contributed by atoms with Gasteiger partial charge in [0.25, 0.3) is 0 Å². The minimum absolute atomic E-state index is 0.165. The number of rotatable bonds is 6. The van der Waals surface area contributed by atoms with Crippen LogP contribution >= 0.6 is 0 Å². The number of amides is 1. The van der Waals surface area contributed by atoms with E-state index in [2.05, 4.69) is 59.4 Å². The highest BCUT2D eigenvalue weighted by atomic mass is 16.1. The molecule has 0 saturated carbocycles. The van der Waals surface area contributed by atoms with Gasteiger partial charge in [-0.2, -0.15) is 0 Å². The summed E-state index contributed by atoms with van der Waals surface area (Å²) in [6.45, 7) is 7.90. The second-order valence-corrected chi connectivity index (χ2v) is 7.59. The molecule has 26 heavy (non-hydrogen) atoms. The van der Waals surface area contributed by atoms with Crippen molar-refractivity contribution in [3.8, 4) is 11.1 Å². The number of aromatic nitrogens is 1. The molecule has 4 nitrogen and oxygen atoms in total. The van der Waals surface area contributed by atoms with Crippen molar-refractivity contribution in [1.82, 2.24) is 15.2 Å². The number of benzene rings is 1. The summed E-state index contributed by atoms with van der Waals surface area (Å²) >= 11 is 0. The van der Waals surface area contributed by atoms with E-state index in [4.69, 9.17) is 0 Å². The molecule has 1 fully saturated rings. The molecule has 1 aliphatic heterocycles. The van der Waals surface area contributed by atoms with Crippen LogP contribution in [-0.4, -0.2) is 35.4 Å². The van der Waals surface area contributed by atoms with E-state index in [1.807, 2.05) is 12.3 Å². The van der Waals surface area contributed by atoms with Gasteiger partial charge in [-0.25, -0.2) is 0 Å². The van der Waals surface area contributed by atoms with Gasteiger partial charge in [-0.3, -0.25) is 14.7 Å². The van der Waals surface area contributed by atoms with Crippen LogP contribution in [0.5, 0.6) is 0 Å². The molecule has 0 aliphatic carbocycles. The second kappa shape index (κ2) is 8.95. The van der Waals surface area contributed by atoms with Gasteiger partial charge in [-0.1, -0.05) is 44.2 Å². The van der Waals surface area contributed by atoms with E-state index in [9.17, 15) is 4.79 Å². The second-order valence-electron chi connectivity index (χ2n) is 7.59. The van der Waals surface area contributed by atoms with Crippen LogP contribution in [0.2, 0.25) is 0 Å². The van der Waals surface area contributed by atoms with Crippen LogP contribution in [0, 0.1) is 11.8 Å². The fourth-order valence-electron chi connectivity index (χ4n) is 3.51. The molecular weight excluding hydrogens is 322 g/mol. The van der Waals surface area contributed by atoms with Gasteiger partial charge in [0.1, 0.15) is 0 Å². The number of carbonyl (C=O) groups excluding carboxylic acids is 1. The van der Waals surface area contributed by atoms with Gasteiger partial charge < -0.3 is 5.32 Å². The molecule has 1 saturated heterocycles. The van der Waals surface area contributed by atoms with E-state index in [0.29, 0.717) is 5.92 Å². The van der Waals surface area contributed by atoms with Crippen LogP contribution in [0.25, 0.3) is 11.1 Å². The maximum absolute atomic E-state index is 12.3. The monoisotopic (exact) mass is 351 g/mol. The lowest BCUT2D eigenvalue weighted by Crippen LogP contribution is -2.41. The largest absolute Gasteiger partial charge is 0.356 e. The minimum Gasteiger partial charge on any atom is -0.356 e. The number of likely N-dealkylation sites (tertiary alicyclic amines) is 1. The van der Waals surface area contributed by atoms with Crippen molar-refractivity contribution in [2.75, 3.05) is 19.6 Å². The lowest BCUT2D eigenvalue weighted by atomic mass is 9.94. The minimum atomic E-state index is 0.165. The Bertz CT molecular complexity index is 706. The third-order valence-electron chi connectivity index (χ3n) is 5.03. The highest BCUT2D eigenvalue weighted by molar-refractivity contribution is 5.78. The molecule has 3 rings (SSSR count). The maximum Gasteiger partial charge on any atom is 0.223 e. The third kappa shape index (κ3) is 4.92. The van der Waals surface area contributed by atoms with Gasteiger partial charge in [0.15, 0.2) is 0 Å². The first-order valence-corrected chi connectivity index (χ1v) is 9.62. The Hall–Kier alpha value is -2.20. The summed E-state index contributed by atoms with van der Waals surface area (Å²) in [6, 6.07) is 12.6. The van der Waals surface area contributed by atoms with Crippen molar-refractivity contribution in [3.63, 3.8) is 0 Å². The van der Waals surface area contributed by atoms with Gasteiger partial charge in [0, 0.05) is 37.0 Å². The smallest absolute Gasteiger partial charge is 0.223 e. The highest BCUT2D eigenvalue weighted by Gasteiger charge is 2.25. The number of nitrogens with zero attached hydrogens (tertiary/aromatic N) is 2. The van der Waals surface area contributed by atoms with Crippen LogP contribution in [0.1, 0.15) is 32.3 Å². The third-order valence-corrected chi connectivity index (χ3v) is 5.03. The molecule has 1 aliphatic rings. The van der Waals surface area contributed by atoms with Crippen LogP contribution in [-0.2, 0) is 11.3 Å². The van der Waals surface area contributed by atoms with Crippen molar-refractivity contribution in [3.05, 3.63) is 54.4 Å². The van der Waals surface area contributed by atoms with Crippen LogP contribution < -0.4 is 5.32 Å². The Kier molecular flexibility index (Phi) is 6.40. The zero-order chi connectivity index (χ0) is 18.4. The van der Waals surface area contributed by atoms with E-state index in [1.54, 1.807) is 6.20 Å². The molecule has 2 aromatic rings. The lowest BCUT2D eigenvalue weighted by molar-refractivity contribution is -0.126. The Morgan fingerprint density at radius 2 is 1.96 bits per heavy atom. The fraction of sp³-hybridized carbons (Fsp3) is 0.455. The van der Waals surface area contributed by atoms with E-state index in [-0.39, 0.29) is 11.8 Å². The number of carbonyl (C=O) groups is 1. The summed E-state index contributed by atoms with van der Waals surface area (Å²) in [5.74, 6) is 0.899. The molecule has 1 aromatic heterocycles. The summed E-state index contributed by atoms with van der Waals surface area (Å²) in [4.78, 5) is 19.0. The Balaban J connectivity index is 1.58. The van der Waals surface area contributed by atoms with Crippen molar-refractivity contribution < 1.29 is 4.79 Å². The average molecular weight is 351 g/mol. The molecule has 138 valence electrons. The predicted octanol–water partition coefficient (Wildman–Crippen LogP) is 3.73. The predicted molar refractivity (Wildman–Crippen MR) is 106 cm³/mol. The fourth-order valence-corrected chi connectivity index (χ4v) is 3.51. The van der Waals surface area contributed by atoms with E-state index in [1.165, 1.54) is 11.1 Å². The normalized spacial score (nSPS) is 16.0. The molecule has 1 N–H and O–H groups in total.